The highest BCUT2D eigenvalue weighted by Crippen LogP contribution is 2.57. The summed E-state index contributed by atoms with van der Waals surface area (Å²) in [6.07, 6.45) is 6.91. The fraction of sp³-hybridized carbons (Fsp3) is 0.588. The fourth-order valence-electron chi connectivity index (χ4n) is 4.63. The van der Waals surface area contributed by atoms with Crippen LogP contribution in [0.1, 0.15) is 32.1 Å². The van der Waals surface area contributed by atoms with Crippen molar-refractivity contribution in [2.24, 2.45) is 5.41 Å². The molecule has 3 heterocycles. The molecule has 0 radical (unpaired) electrons. The Morgan fingerprint density at radius 3 is 2.54 bits per heavy atom. The van der Waals surface area contributed by atoms with Gasteiger partial charge in [-0.1, -0.05) is 6.42 Å². The van der Waals surface area contributed by atoms with E-state index in [0.29, 0.717) is 11.4 Å². The van der Waals surface area contributed by atoms with E-state index >= 15 is 0 Å². The van der Waals surface area contributed by atoms with E-state index in [9.17, 15) is 8.42 Å². The average molecular weight is 375 g/mol. The molecule has 2 aromatic rings. The SMILES string of the molecule is O=S(=O)(c1ccc(-n2cnnn2)cc1)N1CC2(CCC2)C1C1CCCO1. The molecule has 1 spiro atoms. The number of benzene rings is 1. The van der Waals surface area contributed by atoms with Crippen LogP contribution in [0, 0.1) is 5.41 Å². The molecule has 26 heavy (non-hydrogen) atoms. The van der Waals surface area contributed by atoms with E-state index in [0.717, 1.165) is 38.0 Å². The predicted octanol–water partition coefficient (Wildman–Crippen LogP) is 1.38. The molecule has 1 aliphatic carbocycles. The lowest BCUT2D eigenvalue weighted by Gasteiger charge is -2.62. The molecule has 2 unspecified atom stereocenters. The van der Waals surface area contributed by atoms with Crippen LogP contribution in [-0.4, -0.2) is 58.2 Å². The highest BCUT2D eigenvalue weighted by Gasteiger charge is 2.62. The number of ether oxygens (including phenoxy) is 1. The molecule has 9 heteroatoms. The molecular weight excluding hydrogens is 354 g/mol. The van der Waals surface area contributed by atoms with E-state index in [1.54, 1.807) is 28.6 Å². The zero-order valence-electron chi connectivity index (χ0n) is 14.4. The van der Waals surface area contributed by atoms with E-state index in [2.05, 4.69) is 15.5 Å². The molecule has 2 saturated heterocycles. The van der Waals surface area contributed by atoms with Crippen molar-refractivity contribution in [2.75, 3.05) is 13.2 Å². The van der Waals surface area contributed by atoms with Crippen molar-refractivity contribution in [2.45, 2.75) is 49.1 Å². The Morgan fingerprint density at radius 2 is 1.96 bits per heavy atom. The molecule has 3 fully saturated rings. The van der Waals surface area contributed by atoms with Crippen LogP contribution in [0.3, 0.4) is 0 Å². The molecule has 1 saturated carbocycles. The van der Waals surface area contributed by atoms with Crippen LogP contribution in [0.5, 0.6) is 0 Å². The van der Waals surface area contributed by atoms with Crippen LogP contribution in [0.2, 0.25) is 0 Å². The van der Waals surface area contributed by atoms with Crippen LogP contribution in [0.25, 0.3) is 5.69 Å². The number of sulfonamides is 1. The van der Waals surface area contributed by atoms with E-state index in [1.807, 2.05) is 0 Å². The largest absolute Gasteiger partial charge is 0.377 e. The van der Waals surface area contributed by atoms with Gasteiger partial charge in [-0.15, -0.1) is 5.10 Å². The maximum atomic E-state index is 13.2. The Labute approximate surface area is 152 Å². The minimum Gasteiger partial charge on any atom is -0.377 e. The first-order chi connectivity index (χ1) is 12.6. The Bertz CT molecular complexity index is 887. The lowest BCUT2D eigenvalue weighted by atomic mass is 9.58. The quantitative estimate of drug-likeness (QED) is 0.802. The molecule has 3 aliphatic rings. The second-order valence-electron chi connectivity index (χ2n) is 7.51. The van der Waals surface area contributed by atoms with Crippen molar-refractivity contribution in [3.8, 4) is 5.69 Å². The molecule has 138 valence electrons. The predicted molar refractivity (Wildman–Crippen MR) is 92.1 cm³/mol. The number of nitrogens with zero attached hydrogens (tertiary/aromatic N) is 5. The number of tetrazole rings is 1. The fourth-order valence-corrected chi connectivity index (χ4v) is 6.47. The lowest BCUT2D eigenvalue weighted by Crippen LogP contribution is -2.72. The van der Waals surface area contributed by atoms with Gasteiger partial charge in [0.15, 0.2) is 0 Å². The zero-order valence-corrected chi connectivity index (χ0v) is 15.2. The lowest BCUT2D eigenvalue weighted by molar-refractivity contribution is -0.131. The van der Waals surface area contributed by atoms with Crippen molar-refractivity contribution in [3.05, 3.63) is 30.6 Å². The summed E-state index contributed by atoms with van der Waals surface area (Å²) in [5.41, 5.74) is 0.873. The summed E-state index contributed by atoms with van der Waals surface area (Å²) in [6, 6.07) is 6.70. The topological polar surface area (TPSA) is 90.2 Å². The highest BCUT2D eigenvalue weighted by molar-refractivity contribution is 7.89. The molecule has 1 aromatic carbocycles. The molecule has 0 bridgehead atoms. The van der Waals surface area contributed by atoms with Crippen LogP contribution >= 0.6 is 0 Å². The summed E-state index contributed by atoms with van der Waals surface area (Å²) in [7, 11) is -3.53. The Morgan fingerprint density at radius 1 is 1.15 bits per heavy atom. The summed E-state index contributed by atoms with van der Waals surface area (Å²) in [6.45, 7) is 1.36. The van der Waals surface area contributed by atoms with Crippen LogP contribution in [0.4, 0.5) is 0 Å². The Balaban J connectivity index is 1.43. The molecule has 0 amide bonds. The molecule has 2 atom stereocenters. The van der Waals surface area contributed by atoms with Crippen molar-refractivity contribution in [1.29, 1.82) is 0 Å². The average Bonchev–Trinajstić information content (AvgIpc) is 3.26. The summed E-state index contributed by atoms with van der Waals surface area (Å²) in [5.74, 6) is 0. The smallest absolute Gasteiger partial charge is 0.243 e. The monoisotopic (exact) mass is 375 g/mol. The third-order valence-electron chi connectivity index (χ3n) is 6.13. The van der Waals surface area contributed by atoms with Gasteiger partial charge in [0.1, 0.15) is 6.33 Å². The Hall–Kier alpha value is -1.84. The normalized spacial score (nSPS) is 28.0. The Kier molecular flexibility index (Phi) is 3.67. The zero-order chi connectivity index (χ0) is 17.8. The van der Waals surface area contributed by atoms with Gasteiger partial charge in [-0.2, -0.15) is 4.31 Å². The van der Waals surface area contributed by atoms with Crippen LogP contribution in [-0.2, 0) is 14.8 Å². The molecule has 5 rings (SSSR count). The van der Waals surface area contributed by atoms with Gasteiger partial charge >= 0.3 is 0 Å². The summed E-state index contributed by atoms with van der Waals surface area (Å²) < 4.78 is 35.5. The number of rotatable bonds is 4. The second-order valence-corrected chi connectivity index (χ2v) is 9.40. The van der Waals surface area contributed by atoms with E-state index in [4.69, 9.17) is 4.74 Å². The highest BCUT2D eigenvalue weighted by atomic mass is 32.2. The molecule has 1 aromatic heterocycles. The first kappa shape index (κ1) is 16.3. The van der Waals surface area contributed by atoms with Crippen molar-refractivity contribution >= 4 is 10.0 Å². The maximum Gasteiger partial charge on any atom is 0.243 e. The second kappa shape index (κ2) is 5.83. The minimum atomic E-state index is -3.53. The van der Waals surface area contributed by atoms with Gasteiger partial charge in [0, 0.05) is 18.6 Å². The summed E-state index contributed by atoms with van der Waals surface area (Å²) >= 11 is 0. The van der Waals surface area contributed by atoms with Gasteiger partial charge in [0.05, 0.1) is 22.7 Å². The molecule has 8 nitrogen and oxygen atoms in total. The number of aromatic nitrogens is 4. The first-order valence-electron chi connectivity index (χ1n) is 9.07. The van der Waals surface area contributed by atoms with Crippen molar-refractivity contribution in [3.63, 3.8) is 0 Å². The number of hydrogen-bond donors (Lipinski definition) is 0. The van der Waals surface area contributed by atoms with Gasteiger partial charge in [0.25, 0.3) is 0 Å². The summed E-state index contributed by atoms with van der Waals surface area (Å²) in [4.78, 5) is 0.312. The minimum absolute atomic E-state index is 0.0112. The third kappa shape index (κ3) is 2.34. The van der Waals surface area contributed by atoms with Gasteiger partial charge in [0.2, 0.25) is 10.0 Å². The van der Waals surface area contributed by atoms with Gasteiger partial charge in [-0.25, -0.2) is 13.1 Å². The number of hydrogen-bond acceptors (Lipinski definition) is 6. The van der Waals surface area contributed by atoms with E-state index in [-0.39, 0.29) is 17.6 Å². The van der Waals surface area contributed by atoms with E-state index in [1.165, 1.54) is 17.4 Å². The first-order valence-corrected chi connectivity index (χ1v) is 10.5. The van der Waals surface area contributed by atoms with Crippen molar-refractivity contribution < 1.29 is 13.2 Å². The van der Waals surface area contributed by atoms with Crippen LogP contribution < -0.4 is 0 Å². The molecule has 2 aliphatic heterocycles. The summed E-state index contributed by atoms with van der Waals surface area (Å²) in [5, 5.41) is 11.0. The molecular formula is C17H21N5O3S. The third-order valence-corrected chi connectivity index (χ3v) is 7.97. The van der Waals surface area contributed by atoms with Gasteiger partial charge in [-0.3, -0.25) is 0 Å². The van der Waals surface area contributed by atoms with Crippen molar-refractivity contribution in [1.82, 2.24) is 24.5 Å². The maximum absolute atomic E-state index is 13.2. The van der Waals surface area contributed by atoms with Crippen LogP contribution in [0.15, 0.2) is 35.5 Å². The van der Waals surface area contributed by atoms with Gasteiger partial charge < -0.3 is 4.74 Å². The van der Waals surface area contributed by atoms with E-state index < -0.39 is 10.0 Å². The van der Waals surface area contributed by atoms with Gasteiger partial charge in [-0.05, 0) is 60.4 Å². The molecule has 0 N–H and O–H groups in total. The standard InChI is InChI=1S/C17H21N5O3S/c23-26(24,14-6-4-13(5-7-14)21-12-18-19-20-21)22-11-17(8-2-9-17)16(22)15-3-1-10-25-15/h4-7,12,15-16H,1-3,8-11H2.